The Balaban J connectivity index is 1.66. The zero-order valence-corrected chi connectivity index (χ0v) is 27.0. The number of ether oxygens (including phenoxy) is 1. The summed E-state index contributed by atoms with van der Waals surface area (Å²) in [5, 5.41) is 18.7. The fourth-order valence-corrected chi connectivity index (χ4v) is 6.02. The van der Waals surface area contributed by atoms with Crippen LogP contribution in [0.25, 0.3) is 0 Å². The predicted molar refractivity (Wildman–Crippen MR) is 172 cm³/mol. The van der Waals surface area contributed by atoms with E-state index in [1.165, 1.54) is 12.3 Å². The number of hydrogen-bond acceptors (Lipinski definition) is 11. The van der Waals surface area contributed by atoms with Gasteiger partial charge >= 0.3 is 0 Å². The summed E-state index contributed by atoms with van der Waals surface area (Å²) < 4.78 is 32.1. The number of aromatic hydroxyl groups is 1. The first kappa shape index (κ1) is 33.0. The lowest BCUT2D eigenvalue weighted by Gasteiger charge is -2.32. The van der Waals surface area contributed by atoms with Crippen molar-refractivity contribution in [1.82, 2.24) is 25.1 Å². The molecule has 4 rings (SSSR count). The molecule has 1 saturated heterocycles. The molecule has 44 heavy (non-hydrogen) atoms. The lowest BCUT2D eigenvalue weighted by Crippen LogP contribution is -2.45. The van der Waals surface area contributed by atoms with Gasteiger partial charge < -0.3 is 35.6 Å². The van der Waals surface area contributed by atoms with Gasteiger partial charge in [-0.15, -0.1) is 0 Å². The minimum absolute atomic E-state index is 0.00977. The first-order valence-electron chi connectivity index (χ1n) is 14.8. The van der Waals surface area contributed by atoms with Gasteiger partial charge in [-0.25, -0.2) is 13.4 Å². The molecule has 1 aliphatic rings. The highest BCUT2D eigenvalue weighted by Crippen LogP contribution is 2.34. The van der Waals surface area contributed by atoms with Crippen molar-refractivity contribution in [2.75, 3.05) is 57.5 Å². The number of likely N-dealkylation sites (N-methyl/N-ethyl adjacent to an activating group) is 1. The highest BCUT2D eigenvalue weighted by molar-refractivity contribution is 7.92. The van der Waals surface area contributed by atoms with Crippen molar-refractivity contribution in [2.24, 2.45) is 0 Å². The van der Waals surface area contributed by atoms with Crippen molar-refractivity contribution in [1.29, 1.82) is 0 Å². The van der Waals surface area contributed by atoms with Crippen LogP contribution in [0.5, 0.6) is 11.5 Å². The Morgan fingerprint density at radius 3 is 2.41 bits per heavy atom. The van der Waals surface area contributed by atoms with E-state index in [1.807, 2.05) is 19.9 Å². The maximum atomic E-state index is 13.0. The lowest BCUT2D eigenvalue weighted by atomic mass is 10.0. The molecule has 0 radical (unpaired) electrons. The van der Waals surface area contributed by atoms with Crippen LogP contribution in [0.4, 0.5) is 23.1 Å². The number of carbonyl (C=O) groups is 1. The summed E-state index contributed by atoms with van der Waals surface area (Å²) in [5.74, 6) is 0.151. The van der Waals surface area contributed by atoms with E-state index >= 15 is 0 Å². The largest absolute Gasteiger partial charge is 0.503 e. The molecule has 1 aliphatic heterocycles. The number of piperazine rings is 1. The molecule has 13 heteroatoms. The van der Waals surface area contributed by atoms with E-state index in [-0.39, 0.29) is 40.1 Å². The first-order chi connectivity index (χ1) is 20.9. The molecule has 0 saturated carbocycles. The molecule has 1 fully saturated rings. The van der Waals surface area contributed by atoms with Crippen LogP contribution in [0, 0.1) is 0 Å². The minimum atomic E-state index is -3.61. The first-order valence-corrected chi connectivity index (χ1v) is 16.3. The van der Waals surface area contributed by atoms with Gasteiger partial charge in [0.25, 0.3) is 5.91 Å². The van der Waals surface area contributed by atoms with Crippen LogP contribution in [0.1, 0.15) is 43.6 Å². The predicted octanol–water partition coefficient (Wildman–Crippen LogP) is 3.79. The zero-order valence-electron chi connectivity index (χ0n) is 26.2. The van der Waals surface area contributed by atoms with Crippen LogP contribution in [0.2, 0.25) is 0 Å². The molecule has 0 atom stereocenters. The van der Waals surface area contributed by atoms with Gasteiger partial charge in [-0.2, -0.15) is 4.98 Å². The van der Waals surface area contributed by atoms with Crippen molar-refractivity contribution >= 4 is 38.9 Å². The summed E-state index contributed by atoms with van der Waals surface area (Å²) in [6.07, 6.45) is 1.73. The van der Waals surface area contributed by atoms with E-state index in [0.717, 1.165) is 38.3 Å². The maximum absolute atomic E-state index is 13.0. The molecule has 12 nitrogen and oxygen atoms in total. The number of amides is 1. The van der Waals surface area contributed by atoms with Crippen LogP contribution < -0.4 is 20.7 Å². The fourth-order valence-electron chi connectivity index (χ4n) is 4.82. The zero-order chi connectivity index (χ0) is 32.0. The van der Waals surface area contributed by atoms with Crippen LogP contribution >= 0.6 is 0 Å². The number of hydrogen-bond donors (Lipinski definition) is 4. The van der Waals surface area contributed by atoms with Gasteiger partial charge in [0.2, 0.25) is 5.95 Å². The van der Waals surface area contributed by atoms with E-state index in [9.17, 15) is 18.3 Å². The molecule has 3 aromatic rings. The second-order valence-electron chi connectivity index (χ2n) is 11.4. The number of rotatable bonds is 12. The SMILES string of the molecule is CNC(=O)c1cc(Nc2ncc(O)c(Nc3ccccc3S(=O)(=O)C(C)C)n2)c(OC(C)C)cc1CCN1CCN(C)CC1. The molecular weight excluding hydrogens is 582 g/mol. The van der Waals surface area contributed by atoms with E-state index in [4.69, 9.17) is 4.74 Å². The summed E-state index contributed by atoms with van der Waals surface area (Å²) >= 11 is 0. The van der Waals surface area contributed by atoms with Gasteiger partial charge in [-0.05, 0) is 71.0 Å². The minimum Gasteiger partial charge on any atom is -0.503 e. The smallest absolute Gasteiger partial charge is 0.251 e. The Hall–Kier alpha value is -3.94. The van der Waals surface area contributed by atoms with Crippen LogP contribution in [0.15, 0.2) is 47.5 Å². The molecule has 238 valence electrons. The van der Waals surface area contributed by atoms with Crippen molar-refractivity contribution < 1.29 is 23.1 Å². The van der Waals surface area contributed by atoms with Crippen molar-refractivity contribution in [2.45, 2.75) is 50.4 Å². The van der Waals surface area contributed by atoms with Gasteiger partial charge in [0.1, 0.15) is 5.75 Å². The van der Waals surface area contributed by atoms with Gasteiger partial charge in [0.05, 0.1) is 33.8 Å². The number of aromatic nitrogens is 2. The number of anilines is 4. The van der Waals surface area contributed by atoms with Gasteiger partial charge in [-0.1, -0.05) is 12.1 Å². The maximum Gasteiger partial charge on any atom is 0.251 e. The molecule has 2 aromatic carbocycles. The third-order valence-corrected chi connectivity index (χ3v) is 9.63. The second kappa shape index (κ2) is 14.2. The number of benzene rings is 2. The Kier molecular flexibility index (Phi) is 10.7. The number of nitrogens with one attached hydrogen (secondary N) is 3. The van der Waals surface area contributed by atoms with Crippen molar-refractivity contribution in [3.8, 4) is 11.5 Å². The average Bonchev–Trinajstić information content (AvgIpc) is 2.99. The molecule has 0 unspecified atom stereocenters. The third-order valence-electron chi connectivity index (χ3n) is 7.42. The molecule has 0 bridgehead atoms. The highest BCUT2D eigenvalue weighted by Gasteiger charge is 2.24. The normalized spacial score (nSPS) is 14.5. The number of para-hydroxylation sites is 1. The van der Waals surface area contributed by atoms with Gasteiger partial charge in [0.15, 0.2) is 21.4 Å². The summed E-state index contributed by atoms with van der Waals surface area (Å²) in [5.41, 5.74) is 2.11. The lowest BCUT2D eigenvalue weighted by molar-refractivity contribution is 0.0961. The van der Waals surface area contributed by atoms with Crippen LogP contribution in [0.3, 0.4) is 0 Å². The Bertz CT molecular complexity index is 1570. The summed E-state index contributed by atoms with van der Waals surface area (Å²) in [6, 6.07) is 10.1. The Labute approximate surface area is 259 Å². The molecular formula is C31H43N7O5S. The number of carbonyl (C=O) groups excluding carboxylic acids is 1. The topological polar surface area (TPSA) is 149 Å². The molecule has 1 aromatic heterocycles. The van der Waals surface area contributed by atoms with E-state index < -0.39 is 15.1 Å². The van der Waals surface area contributed by atoms with E-state index in [0.29, 0.717) is 23.4 Å². The van der Waals surface area contributed by atoms with Crippen molar-refractivity contribution in [3.63, 3.8) is 0 Å². The van der Waals surface area contributed by atoms with E-state index in [2.05, 4.69) is 42.8 Å². The fraction of sp³-hybridized carbons (Fsp3) is 0.452. The van der Waals surface area contributed by atoms with E-state index in [1.54, 1.807) is 45.2 Å². The Morgan fingerprint density at radius 1 is 1.05 bits per heavy atom. The molecule has 2 heterocycles. The Morgan fingerprint density at radius 2 is 1.75 bits per heavy atom. The molecule has 0 spiro atoms. The van der Waals surface area contributed by atoms with Crippen molar-refractivity contribution in [3.05, 3.63) is 53.7 Å². The van der Waals surface area contributed by atoms with Gasteiger partial charge in [0, 0.05) is 45.3 Å². The molecule has 1 amide bonds. The van der Waals surface area contributed by atoms with Gasteiger partial charge in [-0.3, -0.25) is 4.79 Å². The summed E-state index contributed by atoms with van der Waals surface area (Å²) in [4.78, 5) is 26.4. The number of sulfone groups is 1. The quantitative estimate of drug-likeness (QED) is 0.233. The third kappa shape index (κ3) is 7.96. The average molecular weight is 626 g/mol. The van der Waals surface area contributed by atoms with Crippen LogP contribution in [-0.4, -0.2) is 97.4 Å². The summed E-state index contributed by atoms with van der Waals surface area (Å²) in [6.45, 7) is 11.8. The summed E-state index contributed by atoms with van der Waals surface area (Å²) in [7, 11) is 0.101. The molecule has 4 N–H and O–H groups in total. The highest BCUT2D eigenvalue weighted by atomic mass is 32.2. The standard InChI is InChI=1S/C31H43N7O5S/c1-20(2)43-27-17-22(11-12-38-15-13-37(6)14-16-38)23(30(40)32-5)18-25(27)35-31-33-19-26(39)29(36-31)34-24-9-7-8-10-28(24)44(41,42)21(3)4/h7-10,17-21,39H,11-16H2,1-6H3,(H,32,40)(H2,33,34,35,36). The monoisotopic (exact) mass is 625 g/mol. The second-order valence-corrected chi connectivity index (χ2v) is 13.9. The molecule has 0 aliphatic carbocycles. The number of nitrogens with zero attached hydrogens (tertiary/aromatic N) is 4. The van der Waals surface area contributed by atoms with Crippen LogP contribution in [-0.2, 0) is 16.3 Å².